The minimum atomic E-state index is 0.135. The molecule has 0 bridgehead atoms. The highest BCUT2D eigenvalue weighted by atomic mass is 16.2. The first-order valence-corrected chi connectivity index (χ1v) is 7.88. The Balaban J connectivity index is 1.58. The van der Waals surface area contributed by atoms with E-state index >= 15 is 0 Å². The van der Waals surface area contributed by atoms with Crippen molar-refractivity contribution in [2.45, 2.75) is 26.2 Å². The molecule has 0 saturated carbocycles. The van der Waals surface area contributed by atoms with Crippen LogP contribution in [0.1, 0.15) is 31.7 Å². The molecule has 4 heteroatoms. The fourth-order valence-electron chi connectivity index (χ4n) is 2.96. The Morgan fingerprint density at radius 1 is 1.19 bits per heavy atom. The van der Waals surface area contributed by atoms with Crippen molar-refractivity contribution in [1.82, 2.24) is 9.91 Å². The second kappa shape index (κ2) is 6.39. The molecule has 2 aliphatic rings. The van der Waals surface area contributed by atoms with E-state index in [9.17, 15) is 4.79 Å². The van der Waals surface area contributed by atoms with E-state index in [0.717, 1.165) is 36.7 Å². The highest BCUT2D eigenvalue weighted by Gasteiger charge is 2.24. The lowest BCUT2D eigenvalue weighted by Crippen LogP contribution is -2.41. The zero-order valence-electron chi connectivity index (χ0n) is 12.7. The molecule has 2 aliphatic heterocycles. The third-order valence-corrected chi connectivity index (χ3v) is 4.43. The summed E-state index contributed by atoms with van der Waals surface area (Å²) in [7, 11) is 0. The topological polar surface area (TPSA) is 35.9 Å². The van der Waals surface area contributed by atoms with Crippen molar-refractivity contribution < 1.29 is 4.79 Å². The van der Waals surface area contributed by atoms with Crippen LogP contribution in [-0.4, -0.2) is 47.7 Å². The number of likely N-dealkylation sites (tertiary alicyclic amines) is 1. The summed E-state index contributed by atoms with van der Waals surface area (Å²) < 4.78 is 0. The average molecular weight is 285 g/mol. The summed E-state index contributed by atoms with van der Waals surface area (Å²) in [5.74, 6) is 0.932. The normalized spacial score (nSPS) is 20.6. The second-order valence-corrected chi connectivity index (χ2v) is 6.14. The molecule has 2 heterocycles. The van der Waals surface area contributed by atoms with E-state index in [2.05, 4.69) is 29.1 Å². The summed E-state index contributed by atoms with van der Waals surface area (Å²) in [5.41, 5.74) is 2.15. The Morgan fingerprint density at radius 2 is 1.90 bits per heavy atom. The summed E-state index contributed by atoms with van der Waals surface area (Å²) >= 11 is 0. The standard InChI is InChI=1S/C17H23N3O/c1-14-7-10-19(11-8-14)13-17(21)20-12-9-16(18-20)15-5-3-2-4-6-15/h2-6,14H,7-13H2,1H3. The lowest BCUT2D eigenvalue weighted by atomic mass is 9.99. The van der Waals surface area contributed by atoms with Gasteiger partial charge in [-0.3, -0.25) is 9.69 Å². The lowest BCUT2D eigenvalue weighted by Gasteiger charge is -2.30. The van der Waals surface area contributed by atoms with Crippen molar-refractivity contribution in [1.29, 1.82) is 0 Å². The van der Waals surface area contributed by atoms with Crippen molar-refractivity contribution >= 4 is 11.6 Å². The SMILES string of the molecule is CC1CCN(CC(=O)N2CCC(c3ccccc3)=N2)CC1. The largest absolute Gasteiger partial charge is 0.294 e. The molecule has 1 fully saturated rings. The number of benzene rings is 1. The van der Waals surface area contributed by atoms with E-state index in [1.165, 1.54) is 12.8 Å². The summed E-state index contributed by atoms with van der Waals surface area (Å²) in [6.07, 6.45) is 3.25. The predicted molar refractivity (Wildman–Crippen MR) is 84.1 cm³/mol. The van der Waals surface area contributed by atoms with Gasteiger partial charge in [0.1, 0.15) is 0 Å². The third-order valence-electron chi connectivity index (χ3n) is 4.43. The second-order valence-electron chi connectivity index (χ2n) is 6.14. The van der Waals surface area contributed by atoms with Crippen LogP contribution in [0.3, 0.4) is 0 Å². The highest BCUT2D eigenvalue weighted by Crippen LogP contribution is 2.17. The van der Waals surface area contributed by atoms with Gasteiger partial charge in [-0.25, -0.2) is 5.01 Å². The molecule has 112 valence electrons. The number of amides is 1. The summed E-state index contributed by atoms with van der Waals surface area (Å²) in [6, 6.07) is 10.1. The average Bonchev–Trinajstić information content (AvgIpc) is 3.00. The van der Waals surface area contributed by atoms with Gasteiger partial charge in [0, 0.05) is 6.42 Å². The quantitative estimate of drug-likeness (QED) is 0.854. The molecular weight excluding hydrogens is 262 g/mol. The summed E-state index contributed by atoms with van der Waals surface area (Å²) in [4.78, 5) is 14.6. The maximum absolute atomic E-state index is 12.3. The van der Waals surface area contributed by atoms with Crippen molar-refractivity contribution in [3.8, 4) is 0 Å². The molecule has 0 aliphatic carbocycles. The first-order chi connectivity index (χ1) is 10.2. The molecule has 0 atom stereocenters. The molecule has 0 unspecified atom stereocenters. The molecule has 1 saturated heterocycles. The zero-order chi connectivity index (χ0) is 14.7. The Hall–Kier alpha value is -1.68. The van der Waals surface area contributed by atoms with Gasteiger partial charge in [0.15, 0.2) is 0 Å². The molecule has 3 rings (SSSR count). The molecule has 1 amide bonds. The fraction of sp³-hybridized carbons (Fsp3) is 0.529. The van der Waals surface area contributed by atoms with Gasteiger partial charge in [-0.15, -0.1) is 0 Å². The first kappa shape index (κ1) is 14.3. The third kappa shape index (κ3) is 3.50. The predicted octanol–water partition coefficient (Wildman–Crippen LogP) is 2.35. The van der Waals surface area contributed by atoms with Crippen molar-refractivity contribution in [3.05, 3.63) is 35.9 Å². The molecule has 0 N–H and O–H groups in total. The van der Waals surface area contributed by atoms with E-state index in [4.69, 9.17) is 0 Å². The van der Waals surface area contributed by atoms with Crippen LogP contribution in [0.4, 0.5) is 0 Å². The Kier molecular flexibility index (Phi) is 4.34. The van der Waals surface area contributed by atoms with Gasteiger partial charge in [0.25, 0.3) is 5.91 Å². The van der Waals surface area contributed by atoms with Crippen LogP contribution in [-0.2, 0) is 4.79 Å². The van der Waals surface area contributed by atoms with E-state index in [0.29, 0.717) is 13.1 Å². The Morgan fingerprint density at radius 3 is 2.62 bits per heavy atom. The molecule has 21 heavy (non-hydrogen) atoms. The number of hydrogen-bond acceptors (Lipinski definition) is 3. The number of nitrogens with zero attached hydrogens (tertiary/aromatic N) is 3. The number of carbonyl (C=O) groups is 1. The molecule has 4 nitrogen and oxygen atoms in total. The fourth-order valence-corrected chi connectivity index (χ4v) is 2.96. The van der Waals surface area contributed by atoms with Crippen LogP contribution in [0.2, 0.25) is 0 Å². The maximum atomic E-state index is 12.3. The van der Waals surface area contributed by atoms with Gasteiger partial charge in [0.05, 0.1) is 18.8 Å². The van der Waals surface area contributed by atoms with Crippen LogP contribution in [0, 0.1) is 5.92 Å². The molecule has 1 aromatic rings. The highest BCUT2D eigenvalue weighted by molar-refractivity contribution is 6.02. The zero-order valence-corrected chi connectivity index (χ0v) is 12.7. The van der Waals surface area contributed by atoms with Gasteiger partial charge >= 0.3 is 0 Å². The van der Waals surface area contributed by atoms with Crippen LogP contribution in [0.5, 0.6) is 0 Å². The smallest absolute Gasteiger partial charge is 0.256 e. The molecule has 0 aromatic heterocycles. The number of hydrazone groups is 1. The summed E-state index contributed by atoms with van der Waals surface area (Å²) in [6.45, 7) is 5.59. The summed E-state index contributed by atoms with van der Waals surface area (Å²) in [5, 5.41) is 6.17. The number of piperidine rings is 1. The molecular formula is C17H23N3O. The lowest BCUT2D eigenvalue weighted by molar-refractivity contribution is -0.132. The first-order valence-electron chi connectivity index (χ1n) is 7.88. The minimum absolute atomic E-state index is 0.135. The monoisotopic (exact) mass is 285 g/mol. The van der Waals surface area contributed by atoms with Crippen molar-refractivity contribution in [2.75, 3.05) is 26.2 Å². The minimum Gasteiger partial charge on any atom is -0.294 e. The van der Waals surface area contributed by atoms with Crippen LogP contribution in [0.25, 0.3) is 0 Å². The Labute approximate surface area is 126 Å². The van der Waals surface area contributed by atoms with Crippen LogP contribution >= 0.6 is 0 Å². The van der Waals surface area contributed by atoms with E-state index in [1.54, 1.807) is 5.01 Å². The van der Waals surface area contributed by atoms with Gasteiger partial charge in [-0.1, -0.05) is 37.3 Å². The molecule has 1 aromatic carbocycles. The number of rotatable bonds is 3. The van der Waals surface area contributed by atoms with Gasteiger partial charge in [0.2, 0.25) is 0 Å². The Bertz CT molecular complexity index is 518. The maximum Gasteiger partial charge on any atom is 0.256 e. The van der Waals surface area contributed by atoms with Crippen LogP contribution < -0.4 is 0 Å². The van der Waals surface area contributed by atoms with Crippen LogP contribution in [0.15, 0.2) is 35.4 Å². The molecule has 0 spiro atoms. The van der Waals surface area contributed by atoms with E-state index < -0.39 is 0 Å². The van der Waals surface area contributed by atoms with E-state index in [1.807, 2.05) is 18.2 Å². The van der Waals surface area contributed by atoms with Gasteiger partial charge in [-0.05, 0) is 37.4 Å². The van der Waals surface area contributed by atoms with Crippen molar-refractivity contribution in [3.63, 3.8) is 0 Å². The number of hydrogen-bond donors (Lipinski definition) is 0. The molecule has 0 radical (unpaired) electrons. The van der Waals surface area contributed by atoms with Gasteiger partial charge in [-0.2, -0.15) is 5.10 Å². The van der Waals surface area contributed by atoms with Crippen molar-refractivity contribution in [2.24, 2.45) is 11.0 Å². The van der Waals surface area contributed by atoms with Gasteiger partial charge < -0.3 is 0 Å². The number of carbonyl (C=O) groups excluding carboxylic acids is 1. The van der Waals surface area contributed by atoms with E-state index in [-0.39, 0.29) is 5.91 Å².